The molecule has 0 radical (unpaired) electrons. The molecule has 7 heteroatoms. The third-order valence-electron chi connectivity index (χ3n) is 4.10. The van der Waals surface area contributed by atoms with Crippen molar-refractivity contribution in [3.63, 3.8) is 0 Å². The van der Waals surface area contributed by atoms with Crippen LogP contribution in [0.4, 0.5) is 8.78 Å². The zero-order valence-electron chi connectivity index (χ0n) is 13.2. The first-order chi connectivity index (χ1) is 11.6. The van der Waals surface area contributed by atoms with Crippen LogP contribution in [0.5, 0.6) is 0 Å². The second-order valence-corrected chi connectivity index (χ2v) is 5.98. The first-order valence-corrected chi connectivity index (χ1v) is 7.88. The molecule has 0 amide bonds. The average Bonchev–Trinajstić information content (AvgIpc) is 2.76. The van der Waals surface area contributed by atoms with Gasteiger partial charge in [-0.25, -0.2) is 13.8 Å². The molecule has 3 rings (SSSR count). The number of nitrogens with one attached hydrogen (secondary N) is 1. The van der Waals surface area contributed by atoms with Crippen LogP contribution in [-0.2, 0) is 17.7 Å². The second kappa shape index (κ2) is 7.63. The molecular formula is C17H19F2N3O2. The van der Waals surface area contributed by atoms with Crippen LogP contribution < -0.4 is 5.56 Å². The van der Waals surface area contributed by atoms with Gasteiger partial charge in [-0.2, -0.15) is 0 Å². The predicted octanol–water partition coefficient (Wildman–Crippen LogP) is 1.74. The summed E-state index contributed by atoms with van der Waals surface area (Å²) >= 11 is 0. The van der Waals surface area contributed by atoms with E-state index in [1.807, 2.05) is 4.90 Å². The molecule has 1 aromatic heterocycles. The fraction of sp³-hybridized carbons (Fsp3) is 0.412. The summed E-state index contributed by atoms with van der Waals surface area (Å²) in [7, 11) is 0. The summed E-state index contributed by atoms with van der Waals surface area (Å²) in [4.78, 5) is 20.0. The molecule has 0 unspecified atom stereocenters. The zero-order chi connectivity index (χ0) is 16.9. The molecule has 0 bridgehead atoms. The number of hydrogen-bond acceptors (Lipinski definition) is 4. The van der Waals surface area contributed by atoms with E-state index in [-0.39, 0.29) is 23.6 Å². The maximum atomic E-state index is 13.8. The Bertz CT molecular complexity index is 730. The fourth-order valence-electron chi connectivity index (χ4n) is 2.94. The SMILES string of the molecule is O=c1cc(C[C@H]2COCCN(Cc3c(F)cccc3F)C2)nc[nH]1. The van der Waals surface area contributed by atoms with Gasteiger partial charge in [-0.1, -0.05) is 6.07 Å². The highest BCUT2D eigenvalue weighted by molar-refractivity contribution is 5.19. The number of halogens is 2. The zero-order valence-corrected chi connectivity index (χ0v) is 13.2. The highest BCUT2D eigenvalue weighted by atomic mass is 19.1. The number of benzene rings is 1. The van der Waals surface area contributed by atoms with E-state index in [0.717, 1.165) is 0 Å². The van der Waals surface area contributed by atoms with E-state index >= 15 is 0 Å². The summed E-state index contributed by atoms with van der Waals surface area (Å²) in [6.07, 6.45) is 1.96. The van der Waals surface area contributed by atoms with E-state index in [9.17, 15) is 13.6 Å². The standard InChI is InChI=1S/C17H19F2N3O2/c18-15-2-1-3-16(19)14(15)9-22-4-5-24-10-12(8-22)6-13-7-17(23)21-11-20-13/h1-3,7,11-12H,4-6,8-10H2,(H,20,21,23)/t12-/m1/s1. The molecule has 1 aliphatic rings. The number of rotatable bonds is 4. The van der Waals surface area contributed by atoms with E-state index in [0.29, 0.717) is 38.4 Å². The maximum absolute atomic E-state index is 13.8. The van der Waals surface area contributed by atoms with Crippen LogP contribution in [0.1, 0.15) is 11.3 Å². The summed E-state index contributed by atoms with van der Waals surface area (Å²) in [5, 5.41) is 0. The Morgan fingerprint density at radius 3 is 2.88 bits per heavy atom. The lowest BCUT2D eigenvalue weighted by Gasteiger charge is -2.23. The van der Waals surface area contributed by atoms with Gasteiger partial charge >= 0.3 is 0 Å². The summed E-state index contributed by atoms with van der Waals surface area (Å²) in [6.45, 7) is 2.47. The Balaban J connectivity index is 1.69. The van der Waals surface area contributed by atoms with Crippen LogP contribution in [0, 0.1) is 17.6 Å². The summed E-state index contributed by atoms with van der Waals surface area (Å²) in [6, 6.07) is 5.36. The van der Waals surface area contributed by atoms with Crippen LogP contribution in [0.25, 0.3) is 0 Å². The fourth-order valence-corrected chi connectivity index (χ4v) is 2.94. The largest absolute Gasteiger partial charge is 0.380 e. The van der Waals surface area contributed by atoms with Gasteiger partial charge in [-0.15, -0.1) is 0 Å². The van der Waals surface area contributed by atoms with Gasteiger partial charge in [-0.05, 0) is 18.6 Å². The lowest BCUT2D eigenvalue weighted by atomic mass is 10.0. The molecule has 2 heterocycles. The Labute approximate surface area is 138 Å². The third kappa shape index (κ3) is 4.24. The first kappa shape index (κ1) is 16.7. The molecule has 1 aromatic carbocycles. The lowest BCUT2D eigenvalue weighted by molar-refractivity contribution is 0.121. The molecule has 5 nitrogen and oxygen atoms in total. The van der Waals surface area contributed by atoms with E-state index in [1.54, 1.807) is 0 Å². The first-order valence-electron chi connectivity index (χ1n) is 7.88. The quantitative estimate of drug-likeness (QED) is 0.925. The van der Waals surface area contributed by atoms with Gasteiger partial charge in [0.05, 0.1) is 19.5 Å². The van der Waals surface area contributed by atoms with Crippen LogP contribution in [-0.4, -0.2) is 41.2 Å². The van der Waals surface area contributed by atoms with Crippen molar-refractivity contribution < 1.29 is 13.5 Å². The molecular weight excluding hydrogens is 316 g/mol. The summed E-state index contributed by atoms with van der Waals surface area (Å²) < 4.78 is 33.3. The van der Waals surface area contributed by atoms with E-state index in [2.05, 4.69) is 9.97 Å². The van der Waals surface area contributed by atoms with Gasteiger partial charge in [0.2, 0.25) is 0 Å². The van der Waals surface area contributed by atoms with Crippen LogP contribution in [0.3, 0.4) is 0 Å². The number of H-pyrrole nitrogens is 1. The Morgan fingerprint density at radius 2 is 2.12 bits per heavy atom. The number of nitrogens with zero attached hydrogens (tertiary/aromatic N) is 2. The summed E-state index contributed by atoms with van der Waals surface area (Å²) in [5.74, 6) is -0.961. The van der Waals surface area contributed by atoms with E-state index < -0.39 is 11.6 Å². The van der Waals surface area contributed by atoms with Crippen molar-refractivity contribution in [3.05, 3.63) is 63.8 Å². The molecule has 0 aliphatic carbocycles. The lowest BCUT2D eigenvalue weighted by Crippen LogP contribution is -2.31. The molecule has 1 aliphatic heterocycles. The van der Waals surface area contributed by atoms with Crippen molar-refractivity contribution in [2.75, 3.05) is 26.3 Å². The van der Waals surface area contributed by atoms with Crippen molar-refractivity contribution in [3.8, 4) is 0 Å². The smallest absolute Gasteiger partial charge is 0.250 e. The van der Waals surface area contributed by atoms with Crippen LogP contribution in [0.15, 0.2) is 35.4 Å². The van der Waals surface area contributed by atoms with Crippen LogP contribution >= 0.6 is 0 Å². The highest BCUT2D eigenvalue weighted by Gasteiger charge is 2.21. The van der Waals surface area contributed by atoms with Crippen molar-refractivity contribution in [1.29, 1.82) is 0 Å². The molecule has 1 atom stereocenters. The van der Waals surface area contributed by atoms with Gasteiger partial charge in [0.25, 0.3) is 5.56 Å². The third-order valence-corrected chi connectivity index (χ3v) is 4.10. The van der Waals surface area contributed by atoms with Gasteiger partial charge in [0, 0.05) is 42.9 Å². The van der Waals surface area contributed by atoms with Crippen molar-refractivity contribution in [1.82, 2.24) is 14.9 Å². The molecule has 0 spiro atoms. The minimum Gasteiger partial charge on any atom is -0.380 e. The molecule has 2 aromatic rings. The molecule has 1 N–H and O–H groups in total. The minimum atomic E-state index is -0.534. The van der Waals surface area contributed by atoms with Crippen molar-refractivity contribution in [2.24, 2.45) is 5.92 Å². The number of ether oxygens (including phenoxy) is 1. The molecule has 0 saturated carbocycles. The maximum Gasteiger partial charge on any atom is 0.250 e. The molecule has 1 fully saturated rings. The Hall–Kier alpha value is -2.12. The minimum absolute atomic E-state index is 0.0763. The number of aromatic amines is 1. The monoisotopic (exact) mass is 335 g/mol. The average molecular weight is 335 g/mol. The normalized spacial score (nSPS) is 19.2. The Kier molecular flexibility index (Phi) is 5.32. The summed E-state index contributed by atoms with van der Waals surface area (Å²) in [5.41, 5.74) is 0.568. The predicted molar refractivity (Wildman–Crippen MR) is 84.5 cm³/mol. The van der Waals surface area contributed by atoms with E-state index in [4.69, 9.17) is 4.74 Å². The van der Waals surface area contributed by atoms with Crippen molar-refractivity contribution >= 4 is 0 Å². The van der Waals surface area contributed by atoms with Gasteiger partial charge in [-0.3, -0.25) is 9.69 Å². The molecule has 1 saturated heterocycles. The van der Waals surface area contributed by atoms with Crippen molar-refractivity contribution in [2.45, 2.75) is 13.0 Å². The van der Waals surface area contributed by atoms with Gasteiger partial charge in [0.1, 0.15) is 11.6 Å². The molecule has 128 valence electrons. The highest BCUT2D eigenvalue weighted by Crippen LogP contribution is 2.18. The Morgan fingerprint density at radius 1 is 1.33 bits per heavy atom. The van der Waals surface area contributed by atoms with Gasteiger partial charge < -0.3 is 9.72 Å². The number of aromatic nitrogens is 2. The number of hydrogen-bond donors (Lipinski definition) is 1. The van der Waals surface area contributed by atoms with Crippen LogP contribution in [0.2, 0.25) is 0 Å². The van der Waals surface area contributed by atoms with Gasteiger partial charge in [0.15, 0.2) is 0 Å². The van der Waals surface area contributed by atoms with E-state index in [1.165, 1.54) is 30.6 Å². The second-order valence-electron chi connectivity index (χ2n) is 5.98. The molecule has 24 heavy (non-hydrogen) atoms. The topological polar surface area (TPSA) is 58.2 Å².